The Labute approximate surface area is 165 Å². The van der Waals surface area contributed by atoms with Crippen LogP contribution in [0.5, 0.6) is 0 Å². The van der Waals surface area contributed by atoms with Gasteiger partial charge in [-0.1, -0.05) is 0 Å². The molecule has 11 heteroatoms. The molecular formula is C18H17F3N2O5S. The zero-order valence-electron chi connectivity index (χ0n) is 15.4. The highest BCUT2D eigenvalue weighted by atomic mass is 32.2. The molecule has 0 aromatic heterocycles. The quantitative estimate of drug-likeness (QED) is 0.778. The first-order valence-corrected chi connectivity index (χ1v) is 9.69. The summed E-state index contributed by atoms with van der Waals surface area (Å²) in [7, 11) is -3.96. The Bertz CT molecular complexity index is 988. The zero-order valence-corrected chi connectivity index (χ0v) is 16.2. The van der Waals surface area contributed by atoms with Crippen molar-refractivity contribution in [3.63, 3.8) is 0 Å². The van der Waals surface area contributed by atoms with E-state index >= 15 is 0 Å². The molecule has 0 saturated heterocycles. The predicted molar refractivity (Wildman–Crippen MR) is 99.5 cm³/mol. The van der Waals surface area contributed by atoms with Gasteiger partial charge in [-0.05, 0) is 55.5 Å². The van der Waals surface area contributed by atoms with E-state index in [1.807, 2.05) is 0 Å². The van der Waals surface area contributed by atoms with Gasteiger partial charge in [-0.25, -0.2) is 13.2 Å². The van der Waals surface area contributed by atoms with Crippen LogP contribution in [0.15, 0.2) is 53.4 Å². The van der Waals surface area contributed by atoms with E-state index < -0.39 is 32.2 Å². The van der Waals surface area contributed by atoms with Crippen molar-refractivity contribution in [1.29, 1.82) is 0 Å². The Morgan fingerprint density at radius 2 is 1.59 bits per heavy atom. The molecule has 156 valence electrons. The van der Waals surface area contributed by atoms with Gasteiger partial charge in [0.05, 0.1) is 11.5 Å². The molecular weight excluding hydrogens is 413 g/mol. The topological polar surface area (TPSA) is 92.8 Å². The van der Waals surface area contributed by atoms with Crippen LogP contribution in [0.1, 0.15) is 17.3 Å². The minimum absolute atomic E-state index is 0.0288. The van der Waals surface area contributed by atoms with Gasteiger partial charge in [0.2, 0.25) is 0 Å². The molecule has 0 aliphatic rings. The van der Waals surface area contributed by atoms with Crippen LogP contribution in [0.2, 0.25) is 0 Å². The van der Waals surface area contributed by atoms with E-state index in [9.17, 15) is 31.2 Å². The van der Waals surface area contributed by atoms with Gasteiger partial charge in [0, 0.05) is 24.0 Å². The second-order valence-electron chi connectivity index (χ2n) is 5.73. The Balaban J connectivity index is 2.10. The molecule has 0 atom stereocenters. The third-order valence-electron chi connectivity index (χ3n) is 3.79. The summed E-state index contributed by atoms with van der Waals surface area (Å²) in [4.78, 5) is 24.2. The van der Waals surface area contributed by atoms with Crippen molar-refractivity contribution in [1.82, 2.24) is 0 Å². The number of anilines is 2. The van der Waals surface area contributed by atoms with Crippen molar-refractivity contribution < 1.29 is 35.9 Å². The molecule has 2 aromatic rings. The monoisotopic (exact) mass is 430 g/mol. The van der Waals surface area contributed by atoms with Gasteiger partial charge in [0.1, 0.15) is 0 Å². The summed E-state index contributed by atoms with van der Waals surface area (Å²) in [6.45, 7) is 1.90. The normalized spacial score (nSPS) is 11.6. The average Bonchev–Trinajstić information content (AvgIpc) is 2.67. The molecule has 0 spiro atoms. The lowest BCUT2D eigenvalue weighted by Crippen LogP contribution is -2.26. The van der Waals surface area contributed by atoms with E-state index in [-0.39, 0.29) is 12.2 Å². The number of nitrogens with zero attached hydrogens (tertiary/aromatic N) is 1. The molecule has 0 heterocycles. The highest BCUT2D eigenvalue weighted by Gasteiger charge is 2.46. The molecule has 0 fully saturated rings. The Hall–Kier alpha value is -3.08. The zero-order chi connectivity index (χ0) is 21.8. The molecule has 0 radical (unpaired) electrons. The molecule has 7 nitrogen and oxygen atoms in total. The number of nitrogens with one attached hydrogen (secondary N) is 1. The van der Waals surface area contributed by atoms with Crippen molar-refractivity contribution in [2.24, 2.45) is 0 Å². The third-order valence-corrected chi connectivity index (χ3v) is 5.29. The molecule has 29 heavy (non-hydrogen) atoms. The number of hydrogen-bond acceptors (Lipinski definition) is 5. The number of amides is 2. The number of alkyl halides is 3. The maximum atomic E-state index is 12.5. The highest BCUT2D eigenvalue weighted by Crippen LogP contribution is 2.30. The van der Waals surface area contributed by atoms with Crippen LogP contribution in [-0.4, -0.2) is 39.6 Å². The molecule has 0 saturated carbocycles. The van der Waals surface area contributed by atoms with Crippen LogP contribution < -0.4 is 10.2 Å². The first kappa shape index (κ1) is 22.2. The van der Waals surface area contributed by atoms with Crippen LogP contribution in [-0.2, 0) is 14.6 Å². The second kappa shape index (κ2) is 8.52. The predicted octanol–water partition coefficient (Wildman–Crippen LogP) is 3.83. The largest absolute Gasteiger partial charge is 0.501 e. The molecule has 2 rings (SSSR count). The lowest BCUT2D eigenvalue weighted by molar-refractivity contribution is -0.0436. The fourth-order valence-corrected chi connectivity index (χ4v) is 2.98. The van der Waals surface area contributed by atoms with Crippen molar-refractivity contribution in [2.45, 2.75) is 17.3 Å². The van der Waals surface area contributed by atoms with E-state index in [0.717, 1.165) is 24.3 Å². The number of hydrogen-bond donors (Lipinski definition) is 1. The number of carbonyl (C=O) groups is 2. The fraction of sp³-hybridized carbons (Fsp3) is 0.222. The lowest BCUT2D eigenvalue weighted by Gasteiger charge is -2.17. The van der Waals surface area contributed by atoms with Crippen molar-refractivity contribution >= 4 is 33.2 Å². The van der Waals surface area contributed by atoms with Gasteiger partial charge >= 0.3 is 11.6 Å². The molecule has 0 aliphatic carbocycles. The Kier molecular flexibility index (Phi) is 6.52. The van der Waals surface area contributed by atoms with Gasteiger partial charge in [-0.2, -0.15) is 13.2 Å². The summed E-state index contributed by atoms with van der Waals surface area (Å²) in [5.74, 6) is -0.646. The summed E-state index contributed by atoms with van der Waals surface area (Å²) in [6.07, 6.45) is -0.543. The van der Waals surface area contributed by atoms with Gasteiger partial charge in [0.15, 0.2) is 0 Å². The van der Waals surface area contributed by atoms with E-state index in [4.69, 9.17) is 4.74 Å². The number of sulfone groups is 1. The SMILES string of the molecule is CCOC(=O)N(C)c1ccc(NC(=O)c2ccc(S(=O)(=O)C(F)(F)F)cc2)cc1. The van der Waals surface area contributed by atoms with Crippen molar-refractivity contribution in [2.75, 3.05) is 23.9 Å². The van der Waals surface area contributed by atoms with Crippen LogP contribution in [0.3, 0.4) is 0 Å². The van der Waals surface area contributed by atoms with Gasteiger partial charge < -0.3 is 10.1 Å². The smallest absolute Gasteiger partial charge is 0.449 e. The summed E-state index contributed by atoms with van der Waals surface area (Å²) in [5.41, 5.74) is -4.57. The lowest BCUT2D eigenvalue weighted by atomic mass is 10.2. The summed E-state index contributed by atoms with van der Waals surface area (Å²) in [5, 5.41) is 2.52. The van der Waals surface area contributed by atoms with Crippen LogP contribution in [0, 0.1) is 0 Å². The number of ether oxygens (including phenoxy) is 1. The molecule has 0 unspecified atom stereocenters. The number of benzene rings is 2. The van der Waals surface area contributed by atoms with Crippen LogP contribution >= 0.6 is 0 Å². The first-order valence-electron chi connectivity index (χ1n) is 8.20. The maximum Gasteiger partial charge on any atom is 0.501 e. The third kappa shape index (κ3) is 5.05. The fourth-order valence-electron chi connectivity index (χ4n) is 2.22. The van der Waals surface area contributed by atoms with E-state index in [0.29, 0.717) is 11.4 Å². The number of rotatable bonds is 5. The summed E-state index contributed by atoms with van der Waals surface area (Å²) < 4.78 is 65.2. The highest BCUT2D eigenvalue weighted by molar-refractivity contribution is 7.92. The summed E-state index contributed by atoms with van der Waals surface area (Å²) in [6, 6.07) is 9.56. The minimum atomic E-state index is -5.48. The van der Waals surface area contributed by atoms with Crippen molar-refractivity contribution in [3.05, 3.63) is 54.1 Å². The molecule has 0 aliphatic heterocycles. The number of carbonyl (C=O) groups excluding carboxylic acids is 2. The van der Waals surface area contributed by atoms with Crippen molar-refractivity contribution in [3.8, 4) is 0 Å². The van der Waals surface area contributed by atoms with E-state index in [1.54, 1.807) is 19.1 Å². The molecule has 1 N–H and O–H groups in total. The van der Waals surface area contributed by atoms with Gasteiger partial charge in [-0.15, -0.1) is 0 Å². The Morgan fingerprint density at radius 3 is 2.07 bits per heavy atom. The van der Waals surface area contributed by atoms with E-state index in [2.05, 4.69) is 5.32 Å². The number of halogens is 3. The maximum absolute atomic E-state index is 12.5. The molecule has 2 amide bonds. The molecule has 0 bridgehead atoms. The minimum Gasteiger partial charge on any atom is -0.449 e. The Morgan fingerprint density at radius 1 is 1.03 bits per heavy atom. The van der Waals surface area contributed by atoms with Gasteiger partial charge in [-0.3, -0.25) is 9.69 Å². The van der Waals surface area contributed by atoms with E-state index in [1.165, 1.54) is 24.1 Å². The first-order chi connectivity index (χ1) is 13.5. The second-order valence-corrected chi connectivity index (χ2v) is 7.67. The summed E-state index contributed by atoms with van der Waals surface area (Å²) >= 11 is 0. The standard InChI is InChI=1S/C18H17F3N2O5S/c1-3-28-17(25)23(2)14-8-6-13(7-9-14)22-16(24)12-4-10-15(11-5-12)29(26,27)18(19,20)21/h4-11H,3H2,1-2H3,(H,22,24). The van der Waals surface area contributed by atoms with Crippen LogP contribution in [0.4, 0.5) is 29.3 Å². The average molecular weight is 430 g/mol. The molecule has 2 aromatic carbocycles. The van der Waals surface area contributed by atoms with Gasteiger partial charge in [0.25, 0.3) is 15.7 Å². The van der Waals surface area contributed by atoms with Crippen LogP contribution in [0.25, 0.3) is 0 Å².